The van der Waals surface area contributed by atoms with Gasteiger partial charge in [-0.15, -0.1) is 5.10 Å². The molecule has 0 unspecified atom stereocenters. The largest absolute Gasteiger partial charge is 0.383 e. The van der Waals surface area contributed by atoms with Crippen LogP contribution in [-0.2, 0) is 16.0 Å². The van der Waals surface area contributed by atoms with Gasteiger partial charge in [0, 0.05) is 24.9 Å². The Morgan fingerprint density at radius 1 is 1.25 bits per heavy atom. The fourth-order valence-electron chi connectivity index (χ4n) is 2.84. The zero-order chi connectivity index (χ0) is 17.1. The molecule has 3 rings (SSSR count). The van der Waals surface area contributed by atoms with E-state index in [-0.39, 0.29) is 6.10 Å². The summed E-state index contributed by atoms with van der Waals surface area (Å²) in [6, 6.07) is 0. The number of nitrogens with zero attached hydrogens (tertiary/aromatic N) is 7. The summed E-state index contributed by atoms with van der Waals surface area (Å²) < 4.78 is 12.7. The van der Waals surface area contributed by atoms with Crippen LogP contribution in [0, 0.1) is 20.8 Å². The predicted octanol–water partition coefficient (Wildman–Crippen LogP) is 0.613. The second-order valence-corrected chi connectivity index (χ2v) is 5.86. The van der Waals surface area contributed by atoms with E-state index in [9.17, 15) is 0 Å². The number of ether oxygens (including phenoxy) is 2. The molecule has 0 bridgehead atoms. The topological polar surface area (TPSA) is 91.1 Å². The van der Waals surface area contributed by atoms with Crippen molar-refractivity contribution in [1.82, 2.24) is 30.2 Å². The molecular formula is C15H23N7O2. The van der Waals surface area contributed by atoms with E-state index in [4.69, 9.17) is 9.47 Å². The van der Waals surface area contributed by atoms with Gasteiger partial charge in [-0.25, -0.2) is 14.6 Å². The van der Waals surface area contributed by atoms with Gasteiger partial charge < -0.3 is 14.4 Å². The Hall–Kier alpha value is -2.13. The van der Waals surface area contributed by atoms with E-state index < -0.39 is 0 Å². The van der Waals surface area contributed by atoms with Gasteiger partial charge in [-0.1, -0.05) is 0 Å². The average molecular weight is 333 g/mol. The Kier molecular flexibility index (Phi) is 5.00. The number of rotatable bonds is 5. The molecule has 0 N–H and O–H groups in total. The van der Waals surface area contributed by atoms with Gasteiger partial charge in [0.1, 0.15) is 17.7 Å². The lowest BCUT2D eigenvalue weighted by Crippen LogP contribution is -2.40. The van der Waals surface area contributed by atoms with Crippen LogP contribution in [0.3, 0.4) is 0 Å². The summed E-state index contributed by atoms with van der Waals surface area (Å²) in [4.78, 5) is 11.3. The van der Waals surface area contributed by atoms with Gasteiger partial charge in [0.15, 0.2) is 5.82 Å². The third-order valence-electron chi connectivity index (χ3n) is 4.20. The van der Waals surface area contributed by atoms with Crippen LogP contribution in [0.1, 0.15) is 29.0 Å². The van der Waals surface area contributed by atoms with Gasteiger partial charge in [0.25, 0.3) is 0 Å². The molecule has 1 atom stereocenters. The molecule has 0 aromatic carbocycles. The molecule has 1 aliphatic heterocycles. The highest BCUT2D eigenvalue weighted by Gasteiger charge is 2.28. The van der Waals surface area contributed by atoms with E-state index in [1.54, 1.807) is 11.8 Å². The summed E-state index contributed by atoms with van der Waals surface area (Å²) >= 11 is 0. The first-order valence-electron chi connectivity index (χ1n) is 8.03. The Balaban J connectivity index is 1.82. The van der Waals surface area contributed by atoms with E-state index in [1.165, 1.54) is 0 Å². The fourth-order valence-corrected chi connectivity index (χ4v) is 2.84. The van der Waals surface area contributed by atoms with Gasteiger partial charge in [-0.2, -0.15) is 0 Å². The highest BCUT2D eigenvalue weighted by atomic mass is 16.5. The maximum atomic E-state index is 5.91. The van der Waals surface area contributed by atoms with Crippen molar-refractivity contribution in [2.24, 2.45) is 0 Å². The first-order chi connectivity index (χ1) is 11.6. The van der Waals surface area contributed by atoms with E-state index in [2.05, 4.69) is 37.3 Å². The summed E-state index contributed by atoms with van der Waals surface area (Å²) in [6.45, 7) is 9.18. The summed E-state index contributed by atoms with van der Waals surface area (Å²) in [5.74, 6) is 2.46. The van der Waals surface area contributed by atoms with Crippen LogP contribution in [0.4, 0.5) is 5.82 Å². The number of tetrazole rings is 1. The van der Waals surface area contributed by atoms with Gasteiger partial charge >= 0.3 is 0 Å². The Morgan fingerprint density at radius 3 is 2.88 bits per heavy atom. The summed E-state index contributed by atoms with van der Waals surface area (Å²) in [6.07, 6.45) is -0.194. The number of hydrogen-bond acceptors (Lipinski definition) is 8. The lowest BCUT2D eigenvalue weighted by atomic mass is 10.2. The van der Waals surface area contributed by atoms with E-state index in [0.29, 0.717) is 26.3 Å². The van der Waals surface area contributed by atoms with Crippen LogP contribution >= 0.6 is 0 Å². The van der Waals surface area contributed by atoms with Crippen LogP contribution in [-0.4, -0.2) is 63.6 Å². The molecule has 0 amide bonds. The minimum absolute atomic E-state index is 0.194. The molecule has 24 heavy (non-hydrogen) atoms. The number of aromatic nitrogens is 6. The van der Waals surface area contributed by atoms with Crippen molar-refractivity contribution >= 4 is 5.82 Å². The molecule has 0 aliphatic carbocycles. The molecule has 0 radical (unpaired) electrons. The van der Waals surface area contributed by atoms with Gasteiger partial charge in [0.05, 0.1) is 26.3 Å². The van der Waals surface area contributed by atoms with Crippen LogP contribution in [0.5, 0.6) is 0 Å². The fraction of sp³-hybridized carbons (Fsp3) is 0.667. The van der Waals surface area contributed by atoms with Crippen molar-refractivity contribution in [2.75, 3.05) is 38.3 Å². The average Bonchev–Trinajstić information content (AvgIpc) is 3.05. The maximum Gasteiger partial charge on any atom is 0.182 e. The zero-order valence-corrected chi connectivity index (χ0v) is 14.6. The predicted molar refractivity (Wildman–Crippen MR) is 86.8 cm³/mol. The molecule has 1 aliphatic rings. The monoisotopic (exact) mass is 333 g/mol. The third kappa shape index (κ3) is 3.36. The molecule has 2 aromatic rings. The van der Waals surface area contributed by atoms with Crippen molar-refractivity contribution in [2.45, 2.75) is 33.4 Å². The molecule has 1 saturated heterocycles. The van der Waals surface area contributed by atoms with E-state index in [0.717, 1.165) is 35.3 Å². The molecule has 0 saturated carbocycles. The number of aryl methyl sites for hydroxylation is 2. The Morgan fingerprint density at radius 2 is 2.08 bits per heavy atom. The van der Waals surface area contributed by atoms with Crippen LogP contribution in [0.25, 0.3) is 0 Å². The minimum Gasteiger partial charge on any atom is -0.383 e. The molecule has 9 heteroatoms. The summed E-state index contributed by atoms with van der Waals surface area (Å²) in [7, 11) is 1.66. The zero-order valence-electron chi connectivity index (χ0n) is 14.6. The maximum absolute atomic E-state index is 5.91. The van der Waals surface area contributed by atoms with Crippen LogP contribution in [0.2, 0.25) is 0 Å². The van der Waals surface area contributed by atoms with Gasteiger partial charge in [-0.05, 0) is 31.2 Å². The Bertz CT molecular complexity index is 703. The number of methoxy groups -OCH3 is 1. The smallest absolute Gasteiger partial charge is 0.182 e. The molecule has 3 heterocycles. The molecule has 0 spiro atoms. The highest BCUT2D eigenvalue weighted by Crippen LogP contribution is 2.26. The second-order valence-electron chi connectivity index (χ2n) is 5.86. The summed E-state index contributed by atoms with van der Waals surface area (Å²) in [5, 5.41) is 11.9. The van der Waals surface area contributed by atoms with Crippen molar-refractivity contribution in [3.8, 4) is 0 Å². The molecule has 1 fully saturated rings. The van der Waals surface area contributed by atoms with Crippen LogP contribution < -0.4 is 4.90 Å². The second kappa shape index (κ2) is 7.18. The van der Waals surface area contributed by atoms with E-state index >= 15 is 0 Å². The normalized spacial score (nSPS) is 18.2. The Labute approximate surface area is 141 Å². The number of anilines is 1. The minimum atomic E-state index is -0.194. The van der Waals surface area contributed by atoms with Crippen molar-refractivity contribution in [3.05, 3.63) is 22.9 Å². The van der Waals surface area contributed by atoms with E-state index in [1.807, 2.05) is 13.8 Å². The number of hydrogen-bond donors (Lipinski definition) is 0. The molecule has 9 nitrogen and oxygen atoms in total. The lowest BCUT2D eigenvalue weighted by Gasteiger charge is -2.34. The summed E-state index contributed by atoms with van der Waals surface area (Å²) in [5.41, 5.74) is 2.10. The van der Waals surface area contributed by atoms with Gasteiger partial charge in [-0.3, -0.25) is 0 Å². The highest BCUT2D eigenvalue weighted by molar-refractivity contribution is 5.48. The molecular weight excluding hydrogens is 310 g/mol. The first-order valence-corrected chi connectivity index (χ1v) is 8.03. The first kappa shape index (κ1) is 16.7. The van der Waals surface area contributed by atoms with Crippen LogP contribution in [0.15, 0.2) is 0 Å². The SMILES string of the molecule is COCCn1nnnc1[C@H]1CN(c2nc(C)nc(C)c2C)CCO1. The lowest BCUT2D eigenvalue weighted by molar-refractivity contribution is 0.0297. The number of morpholine rings is 1. The van der Waals surface area contributed by atoms with Crippen molar-refractivity contribution in [3.63, 3.8) is 0 Å². The third-order valence-corrected chi connectivity index (χ3v) is 4.20. The molecule has 130 valence electrons. The molecule has 2 aromatic heterocycles. The van der Waals surface area contributed by atoms with Gasteiger partial charge in [0.2, 0.25) is 0 Å². The van der Waals surface area contributed by atoms with Crippen molar-refractivity contribution < 1.29 is 9.47 Å². The quantitative estimate of drug-likeness (QED) is 0.786. The standard InChI is InChI=1S/C15H23N7O2/c1-10-11(2)16-12(3)17-14(10)21-5-8-24-13(9-21)15-18-19-20-22(15)6-7-23-4/h13H,5-9H2,1-4H3/t13-/m1/s1. The van der Waals surface area contributed by atoms with Crippen molar-refractivity contribution in [1.29, 1.82) is 0 Å².